The van der Waals surface area contributed by atoms with E-state index in [4.69, 9.17) is 5.11 Å². The number of nitrogens with one attached hydrogen (secondary N) is 1. The molecule has 0 aliphatic rings. The molecule has 20 heavy (non-hydrogen) atoms. The average Bonchev–Trinajstić information content (AvgIpc) is 2.33. The summed E-state index contributed by atoms with van der Waals surface area (Å²) in [7, 11) is 0. The molecule has 1 aromatic carbocycles. The van der Waals surface area contributed by atoms with Gasteiger partial charge in [-0.25, -0.2) is 18.6 Å². The molecule has 4 nitrogen and oxygen atoms in total. The second kappa shape index (κ2) is 5.54. The zero-order valence-electron chi connectivity index (χ0n) is 10.2. The van der Waals surface area contributed by atoms with E-state index in [0.29, 0.717) is 0 Å². The molecule has 0 atom stereocenters. The maximum absolute atomic E-state index is 13.7. The molecular formula is C13H9BrF2N2O2. The highest BCUT2D eigenvalue weighted by Crippen LogP contribution is 2.26. The Kier molecular flexibility index (Phi) is 3.99. The summed E-state index contributed by atoms with van der Waals surface area (Å²) < 4.78 is 27.6. The summed E-state index contributed by atoms with van der Waals surface area (Å²) in [6, 6.07) is 4.90. The normalized spacial score (nSPS) is 10.4. The smallest absolute Gasteiger partial charge is 0.337 e. The van der Waals surface area contributed by atoms with Gasteiger partial charge >= 0.3 is 5.97 Å². The average molecular weight is 343 g/mol. The van der Waals surface area contributed by atoms with Crippen molar-refractivity contribution in [2.45, 2.75) is 6.92 Å². The fraction of sp³-hybridized carbons (Fsp3) is 0.0769. The summed E-state index contributed by atoms with van der Waals surface area (Å²) in [5.74, 6) is -2.51. The van der Waals surface area contributed by atoms with Crippen LogP contribution >= 0.6 is 15.9 Å². The van der Waals surface area contributed by atoms with Gasteiger partial charge in [-0.05, 0) is 31.2 Å². The number of aryl methyl sites for hydroxylation is 1. The van der Waals surface area contributed by atoms with Gasteiger partial charge in [-0.1, -0.05) is 15.9 Å². The lowest BCUT2D eigenvalue weighted by molar-refractivity contribution is 0.0695. The van der Waals surface area contributed by atoms with Crippen molar-refractivity contribution in [2.75, 3.05) is 5.32 Å². The van der Waals surface area contributed by atoms with E-state index in [1.165, 1.54) is 19.1 Å². The summed E-state index contributed by atoms with van der Waals surface area (Å²) in [5.41, 5.74) is -0.0593. The summed E-state index contributed by atoms with van der Waals surface area (Å²) in [5, 5.41) is 11.4. The molecular weight excluding hydrogens is 334 g/mol. The minimum atomic E-state index is -1.11. The highest BCUT2D eigenvalue weighted by molar-refractivity contribution is 9.10. The Morgan fingerprint density at radius 3 is 2.40 bits per heavy atom. The molecule has 0 aliphatic heterocycles. The number of benzene rings is 1. The molecule has 1 heterocycles. The number of halogens is 3. The number of pyridine rings is 1. The first-order valence-electron chi connectivity index (χ1n) is 5.51. The van der Waals surface area contributed by atoms with Gasteiger partial charge in [0.15, 0.2) is 11.6 Å². The number of carbonyl (C=O) groups is 1. The number of aromatic carboxylic acids is 1. The summed E-state index contributed by atoms with van der Waals surface area (Å²) in [4.78, 5) is 14.8. The Bertz CT molecular complexity index is 669. The number of carboxylic acid groups (broad SMARTS) is 1. The summed E-state index contributed by atoms with van der Waals surface area (Å²) in [6.45, 7) is 1.50. The van der Waals surface area contributed by atoms with E-state index in [1.807, 2.05) is 0 Å². The van der Waals surface area contributed by atoms with Gasteiger partial charge in [-0.2, -0.15) is 0 Å². The number of carboxylic acids is 1. The fourth-order valence-electron chi connectivity index (χ4n) is 1.65. The van der Waals surface area contributed by atoms with Crippen molar-refractivity contribution in [1.29, 1.82) is 0 Å². The van der Waals surface area contributed by atoms with Gasteiger partial charge in [-0.3, -0.25) is 0 Å². The molecule has 0 bridgehead atoms. The SMILES string of the molecule is Cc1nc(Nc2c(F)cc(Br)cc2F)ccc1C(=O)O. The molecule has 104 valence electrons. The topological polar surface area (TPSA) is 62.2 Å². The minimum absolute atomic E-state index is 0.0345. The van der Waals surface area contributed by atoms with Crippen LogP contribution in [0.25, 0.3) is 0 Å². The molecule has 0 unspecified atom stereocenters. The summed E-state index contributed by atoms with van der Waals surface area (Å²) >= 11 is 2.98. The molecule has 2 N–H and O–H groups in total. The van der Waals surface area contributed by atoms with Crippen LogP contribution in [0.2, 0.25) is 0 Å². The lowest BCUT2D eigenvalue weighted by atomic mass is 10.2. The van der Waals surface area contributed by atoms with Crippen molar-refractivity contribution in [3.63, 3.8) is 0 Å². The molecule has 0 spiro atoms. The zero-order chi connectivity index (χ0) is 14.9. The molecule has 1 aromatic heterocycles. The van der Waals surface area contributed by atoms with Crippen molar-refractivity contribution in [2.24, 2.45) is 0 Å². The van der Waals surface area contributed by atoms with Crippen LogP contribution < -0.4 is 5.32 Å². The first-order valence-corrected chi connectivity index (χ1v) is 6.30. The van der Waals surface area contributed by atoms with E-state index < -0.39 is 17.6 Å². The van der Waals surface area contributed by atoms with Gasteiger partial charge in [0.1, 0.15) is 11.5 Å². The van der Waals surface area contributed by atoms with Crippen LogP contribution in [-0.2, 0) is 0 Å². The van der Waals surface area contributed by atoms with E-state index in [-0.39, 0.29) is 27.2 Å². The minimum Gasteiger partial charge on any atom is -0.478 e. The number of aromatic nitrogens is 1. The first-order chi connectivity index (χ1) is 9.38. The largest absolute Gasteiger partial charge is 0.478 e. The summed E-state index contributed by atoms with van der Waals surface area (Å²) in [6.07, 6.45) is 0. The van der Waals surface area contributed by atoms with Gasteiger partial charge in [0.25, 0.3) is 0 Å². The van der Waals surface area contributed by atoms with E-state index in [9.17, 15) is 13.6 Å². The quantitative estimate of drug-likeness (QED) is 0.888. The highest BCUT2D eigenvalue weighted by atomic mass is 79.9. The standard InChI is InChI=1S/C13H9BrF2N2O2/c1-6-8(13(19)20)2-3-11(17-6)18-12-9(15)4-7(14)5-10(12)16/h2-5H,1H3,(H,17,18)(H,19,20). The van der Waals surface area contributed by atoms with Crippen molar-refractivity contribution in [3.05, 3.63) is 51.6 Å². The fourth-order valence-corrected chi connectivity index (χ4v) is 2.05. The van der Waals surface area contributed by atoms with Crippen LogP contribution in [0.4, 0.5) is 20.3 Å². The van der Waals surface area contributed by atoms with Gasteiger partial charge < -0.3 is 10.4 Å². The van der Waals surface area contributed by atoms with Crippen molar-refractivity contribution in [1.82, 2.24) is 4.98 Å². The molecule has 0 aliphatic carbocycles. The van der Waals surface area contributed by atoms with Gasteiger partial charge in [0.05, 0.1) is 11.3 Å². The molecule has 0 amide bonds. The highest BCUT2D eigenvalue weighted by Gasteiger charge is 2.13. The monoisotopic (exact) mass is 342 g/mol. The second-order valence-electron chi connectivity index (χ2n) is 4.00. The maximum Gasteiger partial charge on any atom is 0.337 e. The Morgan fingerprint density at radius 1 is 1.30 bits per heavy atom. The van der Waals surface area contributed by atoms with Crippen LogP contribution in [0, 0.1) is 18.6 Å². The third-order valence-electron chi connectivity index (χ3n) is 2.58. The third kappa shape index (κ3) is 2.93. The Labute approximate surface area is 121 Å². The van der Waals surface area contributed by atoms with Crippen molar-refractivity contribution in [3.8, 4) is 0 Å². The third-order valence-corrected chi connectivity index (χ3v) is 3.03. The van der Waals surface area contributed by atoms with Crippen LogP contribution in [-0.4, -0.2) is 16.1 Å². The lowest BCUT2D eigenvalue weighted by Crippen LogP contribution is -2.05. The number of nitrogens with zero attached hydrogens (tertiary/aromatic N) is 1. The molecule has 0 radical (unpaired) electrons. The molecule has 0 fully saturated rings. The zero-order valence-corrected chi connectivity index (χ0v) is 11.8. The Balaban J connectivity index is 2.36. The van der Waals surface area contributed by atoms with Crippen LogP contribution in [0.3, 0.4) is 0 Å². The van der Waals surface area contributed by atoms with Crippen molar-refractivity contribution >= 4 is 33.4 Å². The van der Waals surface area contributed by atoms with E-state index in [0.717, 1.165) is 12.1 Å². The van der Waals surface area contributed by atoms with Gasteiger partial charge in [-0.15, -0.1) is 0 Å². The molecule has 2 rings (SSSR count). The number of hydrogen-bond acceptors (Lipinski definition) is 3. The van der Waals surface area contributed by atoms with E-state index in [2.05, 4.69) is 26.2 Å². The van der Waals surface area contributed by atoms with E-state index in [1.54, 1.807) is 0 Å². The lowest BCUT2D eigenvalue weighted by Gasteiger charge is -2.10. The molecule has 7 heteroatoms. The molecule has 2 aromatic rings. The van der Waals surface area contributed by atoms with Crippen LogP contribution in [0.15, 0.2) is 28.7 Å². The molecule has 0 saturated carbocycles. The van der Waals surface area contributed by atoms with Crippen LogP contribution in [0.1, 0.15) is 16.1 Å². The van der Waals surface area contributed by atoms with Gasteiger partial charge in [0.2, 0.25) is 0 Å². The molecule has 0 saturated heterocycles. The second-order valence-corrected chi connectivity index (χ2v) is 4.92. The Hall–Kier alpha value is -2.02. The predicted molar refractivity (Wildman–Crippen MR) is 73.3 cm³/mol. The van der Waals surface area contributed by atoms with Crippen LogP contribution in [0.5, 0.6) is 0 Å². The maximum atomic E-state index is 13.7. The number of anilines is 2. The van der Waals surface area contributed by atoms with Crippen molar-refractivity contribution < 1.29 is 18.7 Å². The first kappa shape index (κ1) is 14.4. The number of rotatable bonds is 3. The Morgan fingerprint density at radius 2 is 1.90 bits per heavy atom. The van der Waals surface area contributed by atoms with Gasteiger partial charge in [0, 0.05) is 4.47 Å². The number of hydrogen-bond donors (Lipinski definition) is 2. The predicted octanol–water partition coefficient (Wildman–Crippen LogP) is 3.87. The van der Waals surface area contributed by atoms with E-state index >= 15 is 0 Å².